The third kappa shape index (κ3) is 4.06. The molecule has 0 aromatic heterocycles. The van der Waals surface area contributed by atoms with Crippen molar-refractivity contribution in [3.8, 4) is 0 Å². The van der Waals surface area contributed by atoms with Crippen LogP contribution >= 0.6 is 23.2 Å². The highest BCUT2D eigenvalue weighted by molar-refractivity contribution is 6.35. The molecule has 4 amide bonds. The molecule has 1 spiro atoms. The number of amides is 4. The number of urea groups is 1. The van der Waals surface area contributed by atoms with Gasteiger partial charge in [-0.05, 0) is 42.9 Å². The molecule has 146 valence electrons. The average molecular weight is 412 g/mol. The first-order valence-electron chi connectivity index (χ1n) is 9.18. The maximum atomic E-state index is 12.8. The van der Waals surface area contributed by atoms with E-state index in [2.05, 4.69) is 10.6 Å². The Bertz CT molecular complexity index is 771. The van der Waals surface area contributed by atoms with Gasteiger partial charge in [0.25, 0.3) is 5.91 Å². The minimum Gasteiger partial charge on any atom is -0.354 e. The first-order valence-corrected chi connectivity index (χ1v) is 9.94. The highest BCUT2D eigenvalue weighted by Gasteiger charge is 2.55. The zero-order valence-corrected chi connectivity index (χ0v) is 16.7. The van der Waals surface area contributed by atoms with Crippen molar-refractivity contribution in [1.82, 2.24) is 15.5 Å². The van der Waals surface area contributed by atoms with Crippen molar-refractivity contribution in [2.24, 2.45) is 5.92 Å². The van der Waals surface area contributed by atoms with Gasteiger partial charge in [0, 0.05) is 16.6 Å². The number of carbonyl (C=O) groups is 3. The molecule has 1 aromatic carbocycles. The predicted octanol–water partition coefficient (Wildman–Crippen LogP) is 3.15. The van der Waals surface area contributed by atoms with Crippen LogP contribution in [0.2, 0.25) is 10.0 Å². The number of nitrogens with one attached hydrogen (secondary N) is 2. The summed E-state index contributed by atoms with van der Waals surface area (Å²) in [4.78, 5) is 38.4. The van der Waals surface area contributed by atoms with Gasteiger partial charge in [0.2, 0.25) is 5.91 Å². The molecule has 6 nitrogen and oxygen atoms in total. The zero-order chi connectivity index (χ0) is 19.6. The standard InChI is InChI=1S/C19H23Cl2N3O3/c1-12-4-2-3-8-19(12)17(26)24(18(27)23-19)11-16(25)22-9-7-13-5-6-14(20)10-15(13)21/h5-6,10,12H,2-4,7-9,11H2,1H3,(H,22,25)(H,23,27)/t12-,19+/m1/s1. The van der Waals surface area contributed by atoms with Crippen molar-refractivity contribution in [2.45, 2.75) is 44.6 Å². The van der Waals surface area contributed by atoms with E-state index in [-0.39, 0.29) is 24.3 Å². The van der Waals surface area contributed by atoms with Gasteiger partial charge in [-0.1, -0.05) is 49.0 Å². The lowest BCUT2D eigenvalue weighted by Crippen LogP contribution is -2.54. The van der Waals surface area contributed by atoms with Crippen LogP contribution < -0.4 is 10.6 Å². The summed E-state index contributed by atoms with van der Waals surface area (Å²) in [6, 6.07) is 4.72. The topological polar surface area (TPSA) is 78.5 Å². The van der Waals surface area contributed by atoms with Gasteiger partial charge < -0.3 is 10.6 Å². The molecule has 0 radical (unpaired) electrons. The first kappa shape index (κ1) is 20.0. The van der Waals surface area contributed by atoms with Gasteiger partial charge >= 0.3 is 6.03 Å². The van der Waals surface area contributed by atoms with Gasteiger partial charge in [-0.25, -0.2) is 4.79 Å². The second-order valence-electron chi connectivity index (χ2n) is 7.28. The molecule has 1 saturated carbocycles. The van der Waals surface area contributed by atoms with Crippen LogP contribution in [0.25, 0.3) is 0 Å². The molecule has 2 fully saturated rings. The highest BCUT2D eigenvalue weighted by Crippen LogP contribution is 2.38. The summed E-state index contributed by atoms with van der Waals surface area (Å²) >= 11 is 12.0. The number of rotatable bonds is 5. The van der Waals surface area contributed by atoms with Crippen LogP contribution in [-0.2, 0) is 16.0 Å². The smallest absolute Gasteiger partial charge is 0.325 e. The second kappa shape index (κ2) is 8.07. The molecule has 0 unspecified atom stereocenters. The minimum atomic E-state index is -0.841. The largest absolute Gasteiger partial charge is 0.354 e. The van der Waals surface area contributed by atoms with Crippen molar-refractivity contribution in [3.63, 3.8) is 0 Å². The number of hydrogen-bond donors (Lipinski definition) is 2. The molecular formula is C19H23Cl2N3O3. The van der Waals surface area contributed by atoms with E-state index in [1.165, 1.54) is 0 Å². The second-order valence-corrected chi connectivity index (χ2v) is 8.12. The molecule has 1 aliphatic heterocycles. The van der Waals surface area contributed by atoms with Crippen molar-refractivity contribution in [1.29, 1.82) is 0 Å². The lowest BCUT2D eigenvalue weighted by molar-refractivity contribution is -0.137. The summed E-state index contributed by atoms with van der Waals surface area (Å²) in [6.45, 7) is 2.07. The van der Waals surface area contributed by atoms with Gasteiger partial charge in [0.15, 0.2) is 0 Å². The summed E-state index contributed by atoms with van der Waals surface area (Å²) in [5.41, 5.74) is 0.0262. The quantitative estimate of drug-likeness (QED) is 0.730. The maximum Gasteiger partial charge on any atom is 0.325 e. The van der Waals surface area contributed by atoms with Crippen LogP contribution in [-0.4, -0.2) is 41.4 Å². The van der Waals surface area contributed by atoms with Crippen molar-refractivity contribution >= 4 is 41.0 Å². The molecule has 1 aliphatic carbocycles. The molecule has 1 aromatic rings. The fourth-order valence-corrected chi connectivity index (χ4v) is 4.40. The fraction of sp³-hybridized carbons (Fsp3) is 0.526. The van der Waals surface area contributed by atoms with Crippen LogP contribution in [0.5, 0.6) is 0 Å². The Morgan fingerprint density at radius 1 is 1.33 bits per heavy atom. The molecule has 3 rings (SSSR count). The van der Waals surface area contributed by atoms with E-state index in [1.54, 1.807) is 12.1 Å². The number of benzene rings is 1. The van der Waals surface area contributed by atoms with Crippen LogP contribution in [0.1, 0.15) is 38.2 Å². The Hall–Kier alpha value is -1.79. The molecule has 27 heavy (non-hydrogen) atoms. The number of nitrogens with zero attached hydrogens (tertiary/aromatic N) is 1. The van der Waals surface area contributed by atoms with Crippen LogP contribution in [0.3, 0.4) is 0 Å². The normalized spacial score (nSPS) is 25.0. The van der Waals surface area contributed by atoms with E-state index in [4.69, 9.17) is 23.2 Å². The van der Waals surface area contributed by atoms with Crippen LogP contribution in [0.15, 0.2) is 18.2 Å². The van der Waals surface area contributed by atoms with Crippen molar-refractivity contribution in [2.75, 3.05) is 13.1 Å². The Labute approximate surface area is 168 Å². The number of imide groups is 1. The third-order valence-corrected chi connectivity index (χ3v) is 6.12. The van der Waals surface area contributed by atoms with Gasteiger partial charge in [-0.3, -0.25) is 14.5 Å². The van der Waals surface area contributed by atoms with E-state index >= 15 is 0 Å². The molecular weight excluding hydrogens is 389 g/mol. The first-order chi connectivity index (χ1) is 12.8. The van der Waals surface area contributed by atoms with Crippen molar-refractivity contribution < 1.29 is 14.4 Å². The monoisotopic (exact) mass is 411 g/mol. The fourth-order valence-electron chi connectivity index (χ4n) is 3.90. The lowest BCUT2D eigenvalue weighted by Gasteiger charge is -2.36. The molecule has 0 bridgehead atoms. The molecule has 2 N–H and O–H groups in total. The average Bonchev–Trinajstić information content (AvgIpc) is 2.84. The molecule has 1 saturated heterocycles. The van der Waals surface area contributed by atoms with Gasteiger partial charge in [0.05, 0.1) is 0 Å². The maximum absolute atomic E-state index is 12.8. The van der Waals surface area contributed by atoms with Crippen LogP contribution in [0, 0.1) is 5.92 Å². The Morgan fingerprint density at radius 3 is 2.81 bits per heavy atom. The van der Waals surface area contributed by atoms with E-state index in [9.17, 15) is 14.4 Å². The van der Waals surface area contributed by atoms with E-state index in [0.29, 0.717) is 29.4 Å². The minimum absolute atomic E-state index is 0.0720. The SMILES string of the molecule is C[C@@H]1CCCC[C@]12NC(=O)N(CC(=O)NCCc1ccc(Cl)cc1Cl)C2=O. The van der Waals surface area contributed by atoms with E-state index in [1.807, 2.05) is 13.0 Å². The molecule has 2 aliphatic rings. The summed E-state index contributed by atoms with van der Waals surface area (Å²) in [6.07, 6.45) is 4.01. The summed E-state index contributed by atoms with van der Waals surface area (Å²) in [7, 11) is 0. The Balaban J connectivity index is 1.54. The summed E-state index contributed by atoms with van der Waals surface area (Å²) in [5.74, 6) is -0.581. The van der Waals surface area contributed by atoms with E-state index < -0.39 is 11.6 Å². The van der Waals surface area contributed by atoms with E-state index in [0.717, 1.165) is 29.7 Å². The van der Waals surface area contributed by atoms with Gasteiger partial charge in [-0.15, -0.1) is 0 Å². The highest BCUT2D eigenvalue weighted by atomic mass is 35.5. The summed E-state index contributed by atoms with van der Waals surface area (Å²) < 4.78 is 0. The predicted molar refractivity (Wildman–Crippen MR) is 104 cm³/mol. The number of hydrogen-bond acceptors (Lipinski definition) is 3. The third-order valence-electron chi connectivity index (χ3n) is 5.53. The van der Waals surface area contributed by atoms with Gasteiger partial charge in [-0.2, -0.15) is 0 Å². The summed E-state index contributed by atoms with van der Waals surface area (Å²) in [5, 5.41) is 6.68. The van der Waals surface area contributed by atoms with Crippen LogP contribution in [0.4, 0.5) is 4.79 Å². The molecule has 2 atom stereocenters. The molecule has 8 heteroatoms. The Morgan fingerprint density at radius 2 is 2.11 bits per heavy atom. The zero-order valence-electron chi connectivity index (χ0n) is 15.2. The molecule has 1 heterocycles. The van der Waals surface area contributed by atoms with Gasteiger partial charge in [0.1, 0.15) is 12.1 Å². The number of carbonyl (C=O) groups excluding carboxylic acids is 3. The Kier molecular flexibility index (Phi) is 5.96. The number of halogens is 2. The van der Waals surface area contributed by atoms with Crippen molar-refractivity contribution in [3.05, 3.63) is 33.8 Å². The lowest BCUT2D eigenvalue weighted by atomic mass is 9.73.